The van der Waals surface area contributed by atoms with Crippen LogP contribution in [0.3, 0.4) is 0 Å². The average molecular weight is 439 g/mol. The standard InChI is InChI=1S/C23H30N6O3/c1-23(32-2)7-12-29(13-8-23)20-16(15-24)21(30)27-17-5-6-18(26-19(17)20)22(31)25-9-14-28-10-3-4-11-28/h5-6H,3-4,7-14H2,1-2H3,(H,25,31)(H,27,30). The fourth-order valence-electron chi connectivity index (χ4n) is 4.52. The number of ether oxygens (including phenoxy) is 1. The first-order valence-corrected chi connectivity index (χ1v) is 11.2. The molecule has 9 heteroatoms. The highest BCUT2D eigenvalue weighted by Gasteiger charge is 2.32. The monoisotopic (exact) mass is 438 g/mol. The van der Waals surface area contributed by atoms with Crippen molar-refractivity contribution in [2.24, 2.45) is 0 Å². The Kier molecular flexibility index (Phi) is 6.44. The molecule has 2 aliphatic rings. The van der Waals surface area contributed by atoms with Crippen molar-refractivity contribution in [1.29, 1.82) is 5.26 Å². The molecule has 9 nitrogen and oxygen atoms in total. The molecule has 0 radical (unpaired) electrons. The van der Waals surface area contributed by atoms with Gasteiger partial charge >= 0.3 is 0 Å². The molecule has 1 amide bonds. The molecular formula is C23H30N6O3. The Morgan fingerprint density at radius 1 is 1.28 bits per heavy atom. The zero-order valence-corrected chi connectivity index (χ0v) is 18.7. The number of piperidine rings is 1. The van der Waals surface area contributed by atoms with Gasteiger partial charge in [0.1, 0.15) is 22.8 Å². The molecule has 0 aromatic carbocycles. The van der Waals surface area contributed by atoms with Crippen LogP contribution in [0.15, 0.2) is 16.9 Å². The molecule has 2 aliphatic heterocycles. The Hall–Kier alpha value is -2.96. The smallest absolute Gasteiger partial charge is 0.269 e. The predicted molar refractivity (Wildman–Crippen MR) is 122 cm³/mol. The van der Waals surface area contributed by atoms with Crippen LogP contribution < -0.4 is 15.8 Å². The number of likely N-dealkylation sites (tertiary alicyclic amines) is 1. The van der Waals surface area contributed by atoms with E-state index in [1.54, 1.807) is 19.2 Å². The van der Waals surface area contributed by atoms with Crippen molar-refractivity contribution in [3.8, 4) is 6.07 Å². The number of amides is 1. The fourth-order valence-corrected chi connectivity index (χ4v) is 4.52. The Morgan fingerprint density at radius 3 is 2.66 bits per heavy atom. The molecule has 2 saturated heterocycles. The zero-order valence-electron chi connectivity index (χ0n) is 18.7. The Bertz CT molecular complexity index is 1090. The second kappa shape index (κ2) is 9.27. The lowest BCUT2D eigenvalue weighted by atomic mass is 9.92. The van der Waals surface area contributed by atoms with Crippen molar-refractivity contribution in [2.75, 3.05) is 51.3 Å². The van der Waals surface area contributed by atoms with Gasteiger partial charge in [0, 0.05) is 33.3 Å². The summed E-state index contributed by atoms with van der Waals surface area (Å²) in [5.74, 6) is -0.257. The average Bonchev–Trinajstić information content (AvgIpc) is 3.32. The number of aromatic amines is 1. The van der Waals surface area contributed by atoms with Crippen LogP contribution in [-0.2, 0) is 4.74 Å². The number of carbonyl (C=O) groups excluding carboxylic acids is 1. The first-order valence-electron chi connectivity index (χ1n) is 11.2. The topological polar surface area (TPSA) is 114 Å². The first kappa shape index (κ1) is 22.2. The molecule has 2 N–H and O–H groups in total. The first-order chi connectivity index (χ1) is 15.4. The Balaban J connectivity index is 1.62. The van der Waals surface area contributed by atoms with Gasteiger partial charge < -0.3 is 24.8 Å². The van der Waals surface area contributed by atoms with Crippen LogP contribution in [0.4, 0.5) is 5.69 Å². The number of aromatic nitrogens is 2. The minimum Gasteiger partial charge on any atom is -0.378 e. The molecule has 170 valence electrons. The molecule has 0 unspecified atom stereocenters. The van der Waals surface area contributed by atoms with Gasteiger partial charge in [-0.15, -0.1) is 0 Å². The number of nitriles is 1. The highest BCUT2D eigenvalue weighted by molar-refractivity contribution is 5.97. The number of fused-ring (bicyclic) bond motifs is 1. The largest absolute Gasteiger partial charge is 0.378 e. The summed E-state index contributed by atoms with van der Waals surface area (Å²) in [4.78, 5) is 37.0. The van der Waals surface area contributed by atoms with E-state index in [-0.39, 0.29) is 22.8 Å². The van der Waals surface area contributed by atoms with Gasteiger partial charge in [0.2, 0.25) is 0 Å². The maximum Gasteiger partial charge on any atom is 0.269 e. The van der Waals surface area contributed by atoms with Crippen LogP contribution >= 0.6 is 0 Å². The van der Waals surface area contributed by atoms with Gasteiger partial charge in [0.15, 0.2) is 0 Å². The van der Waals surface area contributed by atoms with Crippen molar-refractivity contribution in [2.45, 2.75) is 38.2 Å². The number of hydrogen-bond acceptors (Lipinski definition) is 7. The number of nitrogens with zero attached hydrogens (tertiary/aromatic N) is 4. The summed E-state index contributed by atoms with van der Waals surface area (Å²) < 4.78 is 5.62. The zero-order chi connectivity index (χ0) is 22.7. The molecule has 2 aromatic rings. The molecule has 32 heavy (non-hydrogen) atoms. The number of carbonyl (C=O) groups is 1. The van der Waals surface area contributed by atoms with Crippen molar-refractivity contribution < 1.29 is 9.53 Å². The third kappa shape index (κ3) is 4.47. The lowest BCUT2D eigenvalue weighted by Crippen LogP contribution is -2.44. The molecule has 0 saturated carbocycles. The quantitative estimate of drug-likeness (QED) is 0.704. The third-order valence-corrected chi connectivity index (χ3v) is 6.72. The molecule has 4 heterocycles. The second-order valence-corrected chi connectivity index (χ2v) is 8.83. The van der Waals surface area contributed by atoms with E-state index in [1.807, 2.05) is 11.0 Å². The third-order valence-electron chi connectivity index (χ3n) is 6.72. The van der Waals surface area contributed by atoms with E-state index in [0.29, 0.717) is 36.4 Å². The molecule has 0 atom stereocenters. The van der Waals surface area contributed by atoms with Gasteiger partial charge in [-0.05, 0) is 57.8 Å². The summed E-state index contributed by atoms with van der Waals surface area (Å²) in [5, 5.41) is 12.6. The number of methoxy groups -OCH3 is 1. The van der Waals surface area contributed by atoms with Crippen LogP contribution in [-0.4, -0.2) is 72.8 Å². The summed E-state index contributed by atoms with van der Waals surface area (Å²) in [5.41, 5.74) is 1.10. The molecule has 0 spiro atoms. The van der Waals surface area contributed by atoms with Crippen LogP contribution in [0.2, 0.25) is 0 Å². The van der Waals surface area contributed by atoms with Crippen molar-refractivity contribution in [1.82, 2.24) is 20.2 Å². The van der Waals surface area contributed by atoms with E-state index in [4.69, 9.17) is 4.74 Å². The normalized spacial score (nSPS) is 18.6. The molecular weight excluding hydrogens is 408 g/mol. The van der Waals surface area contributed by atoms with Gasteiger partial charge in [-0.3, -0.25) is 9.59 Å². The summed E-state index contributed by atoms with van der Waals surface area (Å²) in [7, 11) is 1.70. The van der Waals surface area contributed by atoms with E-state index >= 15 is 0 Å². The summed E-state index contributed by atoms with van der Waals surface area (Å²) in [6.07, 6.45) is 3.95. The molecule has 4 rings (SSSR count). The molecule has 2 aromatic heterocycles. The van der Waals surface area contributed by atoms with Crippen molar-refractivity contribution in [3.05, 3.63) is 33.7 Å². The molecule has 0 bridgehead atoms. The Labute approximate surface area is 187 Å². The second-order valence-electron chi connectivity index (χ2n) is 8.83. The van der Waals surface area contributed by atoms with Gasteiger partial charge in [-0.25, -0.2) is 4.98 Å². The summed E-state index contributed by atoms with van der Waals surface area (Å²) in [6, 6.07) is 5.34. The highest BCUT2D eigenvalue weighted by Crippen LogP contribution is 2.32. The summed E-state index contributed by atoms with van der Waals surface area (Å²) >= 11 is 0. The predicted octanol–water partition coefficient (Wildman–Crippen LogP) is 1.63. The van der Waals surface area contributed by atoms with E-state index in [9.17, 15) is 14.9 Å². The van der Waals surface area contributed by atoms with Crippen LogP contribution in [0.5, 0.6) is 0 Å². The number of nitrogens with one attached hydrogen (secondary N) is 2. The number of rotatable bonds is 6. The lowest BCUT2D eigenvalue weighted by Gasteiger charge is -2.39. The van der Waals surface area contributed by atoms with E-state index in [1.165, 1.54) is 12.8 Å². The van der Waals surface area contributed by atoms with Crippen LogP contribution in [0.25, 0.3) is 11.0 Å². The number of hydrogen-bond donors (Lipinski definition) is 2. The number of pyridine rings is 2. The maximum atomic E-state index is 12.7. The van der Waals surface area contributed by atoms with Crippen molar-refractivity contribution >= 4 is 22.6 Å². The van der Waals surface area contributed by atoms with Gasteiger partial charge in [-0.1, -0.05) is 0 Å². The van der Waals surface area contributed by atoms with Gasteiger partial charge in [-0.2, -0.15) is 5.26 Å². The van der Waals surface area contributed by atoms with Gasteiger partial charge in [0.05, 0.1) is 16.8 Å². The number of H-pyrrole nitrogens is 1. The van der Waals surface area contributed by atoms with Gasteiger partial charge in [0.25, 0.3) is 11.5 Å². The van der Waals surface area contributed by atoms with E-state index in [2.05, 4.69) is 27.1 Å². The summed E-state index contributed by atoms with van der Waals surface area (Å²) in [6.45, 7) is 6.86. The highest BCUT2D eigenvalue weighted by atomic mass is 16.5. The minimum absolute atomic E-state index is 0.0256. The number of anilines is 1. The Morgan fingerprint density at radius 2 is 2.00 bits per heavy atom. The van der Waals surface area contributed by atoms with E-state index < -0.39 is 5.56 Å². The lowest BCUT2D eigenvalue weighted by molar-refractivity contribution is -0.0132. The van der Waals surface area contributed by atoms with Crippen LogP contribution in [0, 0.1) is 11.3 Å². The minimum atomic E-state index is -0.445. The SMILES string of the molecule is COC1(C)CCN(c2c(C#N)c(=O)[nH]c3ccc(C(=O)NCCN4CCCC4)nc23)CC1. The molecule has 0 aliphatic carbocycles. The maximum absolute atomic E-state index is 12.7. The van der Waals surface area contributed by atoms with Crippen LogP contribution in [0.1, 0.15) is 48.7 Å². The fraction of sp³-hybridized carbons (Fsp3) is 0.565. The molecule has 2 fully saturated rings. The van der Waals surface area contributed by atoms with Crippen molar-refractivity contribution in [3.63, 3.8) is 0 Å². The van der Waals surface area contributed by atoms with E-state index in [0.717, 1.165) is 32.5 Å².